The van der Waals surface area contributed by atoms with Crippen LogP contribution in [-0.2, 0) is 0 Å². The molecular formula is C15H9NO2. The summed E-state index contributed by atoms with van der Waals surface area (Å²) >= 11 is 0. The topological polar surface area (TPSA) is 57.2 Å². The van der Waals surface area contributed by atoms with Crippen LogP contribution in [-0.4, -0.2) is 5.11 Å². The van der Waals surface area contributed by atoms with Crippen molar-refractivity contribution in [1.82, 2.24) is 0 Å². The van der Waals surface area contributed by atoms with Gasteiger partial charge in [0.25, 0.3) is 0 Å². The van der Waals surface area contributed by atoms with Crippen LogP contribution in [0.25, 0.3) is 5.57 Å². The maximum atomic E-state index is 9.77. The Morgan fingerprint density at radius 1 is 1.11 bits per heavy atom. The molecule has 2 rings (SSSR count). The molecule has 3 nitrogen and oxygen atoms in total. The number of aliphatic hydroxyl groups excluding tert-OH is 1. The quantitative estimate of drug-likeness (QED) is 0.469. The van der Waals surface area contributed by atoms with Crippen LogP contribution in [0.5, 0.6) is 0 Å². The number of nitriles is 1. The molecule has 0 bridgehead atoms. The van der Waals surface area contributed by atoms with Crippen LogP contribution in [0.3, 0.4) is 0 Å². The zero-order valence-corrected chi connectivity index (χ0v) is 9.42. The van der Waals surface area contributed by atoms with Gasteiger partial charge in [-0.2, -0.15) is 5.26 Å². The van der Waals surface area contributed by atoms with E-state index in [1.807, 2.05) is 36.4 Å². The molecule has 0 radical (unpaired) electrons. The van der Waals surface area contributed by atoms with Crippen molar-refractivity contribution in [3.8, 4) is 17.9 Å². The molecule has 1 heterocycles. The van der Waals surface area contributed by atoms with E-state index in [0.717, 1.165) is 5.56 Å². The van der Waals surface area contributed by atoms with Crippen molar-refractivity contribution in [2.75, 3.05) is 0 Å². The molecule has 86 valence electrons. The molecule has 1 N–H and O–H groups in total. The van der Waals surface area contributed by atoms with Crippen molar-refractivity contribution >= 4 is 5.57 Å². The van der Waals surface area contributed by atoms with Gasteiger partial charge in [-0.1, -0.05) is 24.1 Å². The van der Waals surface area contributed by atoms with Gasteiger partial charge in [0, 0.05) is 5.56 Å². The fourth-order valence-corrected chi connectivity index (χ4v) is 1.36. The van der Waals surface area contributed by atoms with E-state index in [1.165, 1.54) is 6.26 Å². The lowest BCUT2D eigenvalue weighted by molar-refractivity contribution is 0.438. The molecule has 0 amide bonds. The van der Waals surface area contributed by atoms with Crippen molar-refractivity contribution in [2.24, 2.45) is 0 Å². The van der Waals surface area contributed by atoms with Crippen LogP contribution in [0, 0.1) is 23.2 Å². The Hall–Kier alpha value is -2.91. The summed E-state index contributed by atoms with van der Waals surface area (Å²) in [5.41, 5.74) is 0.796. The largest absolute Gasteiger partial charge is 0.500 e. The normalized spacial score (nSPS) is 10.8. The van der Waals surface area contributed by atoms with Gasteiger partial charge in [0.15, 0.2) is 5.76 Å². The molecule has 0 fully saturated rings. The lowest BCUT2D eigenvalue weighted by Gasteiger charge is -1.93. The standard InChI is InChI=1S/C15H9NO2/c16-11-13(15-7-4-10-18-15)14(17)9-8-12-5-2-1-3-6-12/h1-7,10,17H. The van der Waals surface area contributed by atoms with E-state index in [0.29, 0.717) is 5.76 Å². The fraction of sp³-hybridized carbons (Fsp3) is 0. The lowest BCUT2D eigenvalue weighted by atomic mass is 10.2. The summed E-state index contributed by atoms with van der Waals surface area (Å²) < 4.78 is 5.05. The molecule has 0 saturated carbocycles. The highest BCUT2D eigenvalue weighted by molar-refractivity contribution is 5.78. The summed E-state index contributed by atoms with van der Waals surface area (Å²) in [5.74, 6) is 5.32. The number of allylic oxidation sites excluding steroid dienone is 2. The number of rotatable bonds is 1. The molecule has 2 aromatic rings. The van der Waals surface area contributed by atoms with Gasteiger partial charge in [-0.05, 0) is 30.2 Å². The van der Waals surface area contributed by atoms with Crippen molar-refractivity contribution in [3.63, 3.8) is 0 Å². The SMILES string of the molecule is N#CC(=C(O)C#Cc1ccccc1)c1ccco1. The van der Waals surface area contributed by atoms with Gasteiger partial charge < -0.3 is 9.52 Å². The number of hydrogen-bond acceptors (Lipinski definition) is 3. The highest BCUT2D eigenvalue weighted by Crippen LogP contribution is 2.16. The number of hydrogen-bond donors (Lipinski definition) is 1. The number of aliphatic hydroxyl groups is 1. The molecule has 3 heteroatoms. The van der Waals surface area contributed by atoms with Crippen molar-refractivity contribution in [3.05, 3.63) is 65.8 Å². The Labute approximate surface area is 105 Å². The van der Waals surface area contributed by atoms with Gasteiger partial charge in [0.1, 0.15) is 17.4 Å². The van der Waals surface area contributed by atoms with E-state index in [1.54, 1.807) is 12.1 Å². The van der Waals surface area contributed by atoms with Crippen LogP contribution in [0.1, 0.15) is 11.3 Å². The first kappa shape index (κ1) is 11.6. The molecule has 0 aliphatic carbocycles. The molecule has 0 atom stereocenters. The third kappa shape index (κ3) is 2.61. The van der Waals surface area contributed by atoms with Crippen LogP contribution in [0.4, 0.5) is 0 Å². The van der Waals surface area contributed by atoms with Crippen molar-refractivity contribution in [2.45, 2.75) is 0 Å². The second-order valence-electron chi connectivity index (χ2n) is 3.43. The van der Waals surface area contributed by atoms with E-state index < -0.39 is 0 Å². The van der Waals surface area contributed by atoms with Gasteiger partial charge in [-0.25, -0.2) is 0 Å². The fourth-order valence-electron chi connectivity index (χ4n) is 1.36. The smallest absolute Gasteiger partial charge is 0.189 e. The van der Waals surface area contributed by atoms with Gasteiger partial charge in [0.05, 0.1) is 6.26 Å². The molecule has 0 unspecified atom stereocenters. The minimum absolute atomic E-state index is 0.0310. The molecule has 0 aliphatic heterocycles. The number of furan rings is 1. The predicted molar refractivity (Wildman–Crippen MR) is 67.2 cm³/mol. The third-order valence-electron chi connectivity index (χ3n) is 2.22. The van der Waals surface area contributed by atoms with Gasteiger partial charge in [-0.3, -0.25) is 0 Å². The van der Waals surface area contributed by atoms with Crippen LogP contribution >= 0.6 is 0 Å². The van der Waals surface area contributed by atoms with E-state index in [2.05, 4.69) is 11.8 Å². The van der Waals surface area contributed by atoms with E-state index >= 15 is 0 Å². The Morgan fingerprint density at radius 3 is 2.50 bits per heavy atom. The summed E-state index contributed by atoms with van der Waals surface area (Å²) in [5, 5.41) is 18.7. The minimum Gasteiger partial charge on any atom is -0.500 e. The monoisotopic (exact) mass is 235 g/mol. The summed E-state index contributed by atoms with van der Waals surface area (Å²) in [6.07, 6.45) is 1.44. The van der Waals surface area contributed by atoms with Crippen LogP contribution in [0.15, 0.2) is 58.9 Å². The maximum absolute atomic E-state index is 9.77. The molecular weight excluding hydrogens is 226 g/mol. The first-order valence-corrected chi connectivity index (χ1v) is 5.25. The summed E-state index contributed by atoms with van der Waals surface area (Å²) in [6.45, 7) is 0. The van der Waals surface area contributed by atoms with Gasteiger partial charge >= 0.3 is 0 Å². The molecule has 0 aliphatic rings. The Kier molecular flexibility index (Phi) is 3.49. The molecule has 18 heavy (non-hydrogen) atoms. The molecule has 1 aromatic carbocycles. The number of nitrogens with zero attached hydrogens (tertiary/aromatic N) is 1. The average Bonchev–Trinajstić information content (AvgIpc) is 2.92. The lowest BCUT2D eigenvalue weighted by Crippen LogP contribution is -1.85. The van der Waals surface area contributed by atoms with Crippen LogP contribution < -0.4 is 0 Å². The summed E-state index contributed by atoms with van der Waals surface area (Å²) in [4.78, 5) is 0. The Morgan fingerprint density at radius 2 is 1.89 bits per heavy atom. The second kappa shape index (κ2) is 5.43. The maximum Gasteiger partial charge on any atom is 0.189 e. The first-order chi connectivity index (χ1) is 8.81. The van der Waals surface area contributed by atoms with E-state index in [-0.39, 0.29) is 11.3 Å². The van der Waals surface area contributed by atoms with Gasteiger partial charge in [0.2, 0.25) is 0 Å². The highest BCUT2D eigenvalue weighted by Gasteiger charge is 2.08. The molecule has 1 aromatic heterocycles. The minimum atomic E-state index is -0.295. The molecule has 0 saturated heterocycles. The average molecular weight is 235 g/mol. The zero-order chi connectivity index (χ0) is 12.8. The second-order valence-corrected chi connectivity index (χ2v) is 3.43. The summed E-state index contributed by atoms with van der Waals surface area (Å²) in [6, 6.07) is 14.3. The summed E-state index contributed by atoms with van der Waals surface area (Å²) in [7, 11) is 0. The Bertz CT molecular complexity index is 650. The predicted octanol–water partition coefficient (Wildman–Crippen LogP) is 3.12. The van der Waals surface area contributed by atoms with E-state index in [9.17, 15) is 5.11 Å². The first-order valence-electron chi connectivity index (χ1n) is 5.25. The number of benzene rings is 1. The van der Waals surface area contributed by atoms with Crippen LogP contribution in [0.2, 0.25) is 0 Å². The third-order valence-corrected chi connectivity index (χ3v) is 2.22. The van der Waals surface area contributed by atoms with Gasteiger partial charge in [-0.15, -0.1) is 0 Å². The Balaban J connectivity index is 2.34. The highest BCUT2D eigenvalue weighted by atomic mass is 16.3. The van der Waals surface area contributed by atoms with E-state index in [4.69, 9.17) is 9.68 Å². The van der Waals surface area contributed by atoms with Crippen molar-refractivity contribution < 1.29 is 9.52 Å². The zero-order valence-electron chi connectivity index (χ0n) is 9.42. The van der Waals surface area contributed by atoms with Crippen molar-refractivity contribution in [1.29, 1.82) is 5.26 Å². The molecule has 0 spiro atoms.